The lowest BCUT2D eigenvalue weighted by molar-refractivity contribution is -0.123. The first-order valence-electron chi connectivity index (χ1n) is 9.15. The standard InChI is InChI=1S/C23H21BrFNO4/c1-28-18-8-3-15(4-9-18)23(16-5-10-19(29-2)11-6-16)26-22(27)14-30-21-12-7-17(24)13-20(21)25/h3-13,23H,14H2,1-2H3,(H,26,27). The highest BCUT2D eigenvalue weighted by molar-refractivity contribution is 9.10. The first-order chi connectivity index (χ1) is 14.5. The molecule has 3 aromatic rings. The fourth-order valence-corrected chi connectivity index (χ4v) is 3.22. The van der Waals surface area contributed by atoms with E-state index >= 15 is 0 Å². The zero-order valence-electron chi connectivity index (χ0n) is 16.5. The lowest BCUT2D eigenvalue weighted by atomic mass is 9.98. The number of carbonyl (C=O) groups is 1. The van der Waals surface area contributed by atoms with Gasteiger partial charge >= 0.3 is 0 Å². The Bertz CT molecular complexity index is 946. The molecule has 0 unspecified atom stereocenters. The summed E-state index contributed by atoms with van der Waals surface area (Å²) < 4.78 is 30.3. The van der Waals surface area contributed by atoms with Crippen LogP contribution in [-0.4, -0.2) is 26.7 Å². The van der Waals surface area contributed by atoms with Crippen molar-refractivity contribution in [2.24, 2.45) is 0 Å². The minimum Gasteiger partial charge on any atom is -0.497 e. The number of carbonyl (C=O) groups excluding carboxylic acids is 1. The molecule has 1 amide bonds. The number of hydrogen-bond donors (Lipinski definition) is 1. The van der Waals surface area contributed by atoms with E-state index in [0.717, 1.165) is 11.1 Å². The predicted molar refractivity (Wildman–Crippen MR) is 116 cm³/mol. The Balaban J connectivity index is 1.77. The van der Waals surface area contributed by atoms with Crippen molar-refractivity contribution in [3.8, 4) is 17.2 Å². The van der Waals surface area contributed by atoms with E-state index in [-0.39, 0.29) is 18.3 Å². The molecule has 0 aromatic heterocycles. The van der Waals surface area contributed by atoms with Crippen molar-refractivity contribution in [2.75, 3.05) is 20.8 Å². The lowest BCUT2D eigenvalue weighted by Gasteiger charge is -2.21. The Morgan fingerprint density at radius 3 is 1.93 bits per heavy atom. The van der Waals surface area contributed by atoms with Crippen LogP contribution in [0.5, 0.6) is 17.2 Å². The second-order valence-corrected chi connectivity index (χ2v) is 7.33. The molecule has 0 heterocycles. The maximum absolute atomic E-state index is 13.9. The number of methoxy groups -OCH3 is 2. The Kier molecular flexibility index (Phi) is 7.30. The summed E-state index contributed by atoms with van der Waals surface area (Å²) in [5, 5.41) is 2.95. The molecule has 0 bridgehead atoms. The molecule has 0 saturated carbocycles. The number of amides is 1. The molecular weight excluding hydrogens is 453 g/mol. The summed E-state index contributed by atoms with van der Waals surface area (Å²) in [4.78, 5) is 12.6. The van der Waals surface area contributed by atoms with Crippen LogP contribution in [0, 0.1) is 5.82 Å². The molecule has 5 nitrogen and oxygen atoms in total. The molecule has 1 N–H and O–H groups in total. The Morgan fingerprint density at radius 2 is 1.47 bits per heavy atom. The zero-order valence-corrected chi connectivity index (χ0v) is 18.1. The van der Waals surface area contributed by atoms with Crippen molar-refractivity contribution in [3.63, 3.8) is 0 Å². The fourth-order valence-electron chi connectivity index (χ4n) is 2.89. The second kappa shape index (κ2) is 10.1. The molecule has 0 spiro atoms. The van der Waals surface area contributed by atoms with Gasteiger partial charge in [-0.3, -0.25) is 4.79 Å². The van der Waals surface area contributed by atoms with Gasteiger partial charge in [0.2, 0.25) is 0 Å². The minimum absolute atomic E-state index is 0.0128. The molecule has 0 aliphatic heterocycles. The normalized spacial score (nSPS) is 10.6. The van der Waals surface area contributed by atoms with Gasteiger partial charge in [0.05, 0.1) is 20.3 Å². The fraction of sp³-hybridized carbons (Fsp3) is 0.174. The molecule has 0 saturated heterocycles. The molecule has 7 heteroatoms. The highest BCUT2D eigenvalue weighted by Gasteiger charge is 2.18. The molecule has 3 aromatic carbocycles. The molecule has 0 aliphatic carbocycles. The van der Waals surface area contributed by atoms with Gasteiger partial charge in [0.15, 0.2) is 18.2 Å². The summed E-state index contributed by atoms with van der Waals surface area (Å²) >= 11 is 3.19. The zero-order chi connectivity index (χ0) is 21.5. The van der Waals surface area contributed by atoms with Crippen LogP contribution < -0.4 is 19.5 Å². The van der Waals surface area contributed by atoms with Crippen molar-refractivity contribution < 1.29 is 23.4 Å². The summed E-state index contributed by atoms with van der Waals surface area (Å²) in [6, 6.07) is 18.8. The van der Waals surface area contributed by atoms with Crippen LogP contribution in [0.2, 0.25) is 0 Å². The quantitative estimate of drug-likeness (QED) is 0.505. The van der Waals surface area contributed by atoms with E-state index in [2.05, 4.69) is 21.2 Å². The average molecular weight is 474 g/mol. The number of halogens is 2. The Labute approximate surface area is 182 Å². The van der Waals surface area contributed by atoms with E-state index in [1.165, 1.54) is 12.1 Å². The van der Waals surface area contributed by atoms with Crippen LogP contribution in [0.25, 0.3) is 0 Å². The number of ether oxygens (including phenoxy) is 3. The largest absolute Gasteiger partial charge is 0.497 e. The van der Waals surface area contributed by atoms with Gasteiger partial charge in [0, 0.05) is 4.47 Å². The van der Waals surface area contributed by atoms with Gasteiger partial charge in [0.1, 0.15) is 11.5 Å². The Hall–Kier alpha value is -3.06. The van der Waals surface area contributed by atoms with Crippen LogP contribution in [0.4, 0.5) is 4.39 Å². The van der Waals surface area contributed by atoms with Gasteiger partial charge in [-0.15, -0.1) is 0 Å². The van der Waals surface area contributed by atoms with Crippen LogP contribution in [0.1, 0.15) is 17.2 Å². The number of benzene rings is 3. The van der Waals surface area contributed by atoms with E-state index in [1.54, 1.807) is 20.3 Å². The molecule has 0 radical (unpaired) electrons. The molecule has 0 atom stereocenters. The summed E-state index contributed by atoms with van der Waals surface area (Å²) in [7, 11) is 3.19. The first-order valence-corrected chi connectivity index (χ1v) is 9.94. The molecule has 156 valence electrons. The van der Waals surface area contributed by atoms with E-state index in [1.807, 2.05) is 48.5 Å². The van der Waals surface area contributed by atoms with Crippen LogP contribution in [0.3, 0.4) is 0 Å². The highest BCUT2D eigenvalue weighted by atomic mass is 79.9. The van der Waals surface area contributed by atoms with Crippen LogP contribution in [0.15, 0.2) is 71.2 Å². The average Bonchev–Trinajstić information content (AvgIpc) is 2.77. The van der Waals surface area contributed by atoms with Crippen LogP contribution >= 0.6 is 15.9 Å². The van der Waals surface area contributed by atoms with Gasteiger partial charge in [-0.1, -0.05) is 40.2 Å². The molecule has 0 aliphatic rings. The summed E-state index contributed by atoms with van der Waals surface area (Å²) in [5.74, 6) is 0.520. The first kappa shape index (κ1) is 21.6. The monoisotopic (exact) mass is 473 g/mol. The third-order valence-corrected chi connectivity index (χ3v) is 4.95. The van der Waals surface area contributed by atoms with Crippen LogP contribution in [-0.2, 0) is 4.79 Å². The van der Waals surface area contributed by atoms with E-state index in [0.29, 0.717) is 16.0 Å². The highest BCUT2D eigenvalue weighted by Crippen LogP contribution is 2.26. The Morgan fingerprint density at radius 1 is 0.933 bits per heavy atom. The van der Waals surface area contributed by atoms with Gasteiger partial charge in [-0.05, 0) is 53.6 Å². The molecular formula is C23H21BrFNO4. The van der Waals surface area contributed by atoms with E-state index in [4.69, 9.17) is 14.2 Å². The van der Waals surface area contributed by atoms with Crippen molar-refractivity contribution in [2.45, 2.75) is 6.04 Å². The number of hydrogen-bond acceptors (Lipinski definition) is 4. The van der Waals surface area contributed by atoms with E-state index < -0.39 is 11.9 Å². The van der Waals surface area contributed by atoms with Gasteiger partial charge in [-0.25, -0.2) is 4.39 Å². The van der Waals surface area contributed by atoms with Crippen molar-refractivity contribution in [3.05, 3.63) is 88.1 Å². The predicted octanol–water partition coefficient (Wildman–Crippen LogP) is 4.89. The maximum Gasteiger partial charge on any atom is 0.258 e. The SMILES string of the molecule is COc1ccc(C(NC(=O)COc2ccc(Br)cc2F)c2ccc(OC)cc2)cc1. The summed E-state index contributed by atoms with van der Waals surface area (Å²) in [6.45, 7) is -0.318. The maximum atomic E-state index is 13.9. The van der Waals surface area contributed by atoms with Gasteiger partial charge < -0.3 is 19.5 Å². The summed E-state index contributed by atoms with van der Waals surface area (Å²) in [6.07, 6.45) is 0. The van der Waals surface area contributed by atoms with Gasteiger partial charge in [-0.2, -0.15) is 0 Å². The molecule has 3 rings (SSSR count). The third kappa shape index (κ3) is 5.51. The molecule has 30 heavy (non-hydrogen) atoms. The van der Waals surface area contributed by atoms with Crippen molar-refractivity contribution >= 4 is 21.8 Å². The number of rotatable bonds is 8. The van der Waals surface area contributed by atoms with Crippen molar-refractivity contribution in [1.82, 2.24) is 5.32 Å². The number of nitrogens with one attached hydrogen (secondary N) is 1. The smallest absolute Gasteiger partial charge is 0.258 e. The second-order valence-electron chi connectivity index (χ2n) is 6.41. The van der Waals surface area contributed by atoms with Gasteiger partial charge in [0.25, 0.3) is 5.91 Å². The van der Waals surface area contributed by atoms with Crippen molar-refractivity contribution in [1.29, 1.82) is 0 Å². The lowest BCUT2D eigenvalue weighted by Crippen LogP contribution is -2.33. The van der Waals surface area contributed by atoms with E-state index in [9.17, 15) is 9.18 Å². The minimum atomic E-state index is -0.543. The topological polar surface area (TPSA) is 56.8 Å². The molecule has 0 fully saturated rings. The summed E-state index contributed by atoms with van der Waals surface area (Å²) in [5.41, 5.74) is 1.73. The third-order valence-electron chi connectivity index (χ3n) is 4.46.